The summed E-state index contributed by atoms with van der Waals surface area (Å²) in [6, 6.07) is 5.33. The van der Waals surface area contributed by atoms with Crippen LogP contribution in [-0.2, 0) is 4.74 Å². The first-order valence-electron chi connectivity index (χ1n) is 6.92. The van der Waals surface area contributed by atoms with Crippen molar-refractivity contribution in [2.45, 2.75) is 32.0 Å². The minimum Gasteiger partial charge on any atom is -0.367 e. The number of ether oxygens (including phenoxy) is 1. The van der Waals surface area contributed by atoms with Gasteiger partial charge >= 0.3 is 0 Å². The summed E-state index contributed by atoms with van der Waals surface area (Å²) in [7, 11) is 0. The van der Waals surface area contributed by atoms with Crippen molar-refractivity contribution in [2.24, 2.45) is 0 Å². The first kappa shape index (κ1) is 14.8. The number of nitriles is 1. The first-order chi connectivity index (χ1) is 10.7. The van der Waals surface area contributed by atoms with E-state index in [4.69, 9.17) is 26.1 Å². The van der Waals surface area contributed by atoms with Gasteiger partial charge in [0.15, 0.2) is 11.5 Å². The van der Waals surface area contributed by atoms with Crippen LogP contribution in [0.25, 0.3) is 0 Å². The molecule has 1 aliphatic heterocycles. The lowest BCUT2D eigenvalue weighted by Gasteiger charge is -2.13. The molecule has 1 saturated heterocycles. The van der Waals surface area contributed by atoms with E-state index in [0.717, 1.165) is 12.8 Å². The van der Waals surface area contributed by atoms with Gasteiger partial charge in [0, 0.05) is 6.54 Å². The van der Waals surface area contributed by atoms with Crippen LogP contribution in [0.1, 0.15) is 36.4 Å². The average molecular weight is 320 g/mol. The molecule has 0 saturated carbocycles. The van der Waals surface area contributed by atoms with E-state index in [-0.39, 0.29) is 17.9 Å². The number of anilines is 1. The molecule has 0 spiro atoms. The van der Waals surface area contributed by atoms with Gasteiger partial charge in [0.25, 0.3) is 5.89 Å². The smallest absolute Gasteiger partial charge is 0.255 e. The zero-order valence-electron chi connectivity index (χ0n) is 11.9. The molecule has 2 aromatic rings. The molecule has 2 atom stereocenters. The molecule has 1 N–H and O–H groups in total. The summed E-state index contributed by atoms with van der Waals surface area (Å²) in [5, 5.41) is 16.2. The van der Waals surface area contributed by atoms with E-state index in [9.17, 15) is 0 Å². The summed E-state index contributed by atoms with van der Waals surface area (Å²) in [5.74, 6) is 1.73. The van der Waals surface area contributed by atoms with Gasteiger partial charge in [-0.15, -0.1) is 0 Å². The fourth-order valence-corrected chi connectivity index (χ4v) is 2.47. The number of hydrogen-bond acceptors (Lipinski definition) is 7. The van der Waals surface area contributed by atoms with Gasteiger partial charge in [-0.1, -0.05) is 16.8 Å². The van der Waals surface area contributed by atoms with Crippen molar-refractivity contribution in [3.05, 3.63) is 34.6 Å². The van der Waals surface area contributed by atoms with Crippen LogP contribution in [0.15, 0.2) is 16.7 Å². The predicted molar refractivity (Wildman–Crippen MR) is 78.3 cm³/mol. The standard InChI is InChI=1S/C14H14ClN5O2/c1-8-18-14(22-20-8)12-4-2-9(21-12)7-17-13-5-3-10(15)11(6-16)19-13/h3,5,9,12H,2,4,7H2,1H3,(H,17,19)/t9-,12+/m1/s1. The third-order valence-electron chi connectivity index (χ3n) is 3.39. The van der Waals surface area contributed by atoms with E-state index in [1.54, 1.807) is 19.1 Å². The van der Waals surface area contributed by atoms with Crippen molar-refractivity contribution in [1.82, 2.24) is 15.1 Å². The lowest BCUT2D eigenvalue weighted by molar-refractivity contribution is 0.0326. The first-order valence-corrected chi connectivity index (χ1v) is 7.29. The highest BCUT2D eigenvalue weighted by Crippen LogP contribution is 2.31. The van der Waals surface area contributed by atoms with Crippen LogP contribution in [0.4, 0.5) is 5.82 Å². The molecular formula is C14H14ClN5O2. The second-order valence-corrected chi connectivity index (χ2v) is 5.43. The number of hydrogen-bond donors (Lipinski definition) is 1. The van der Waals surface area contributed by atoms with Crippen molar-refractivity contribution in [2.75, 3.05) is 11.9 Å². The molecule has 2 aromatic heterocycles. The van der Waals surface area contributed by atoms with Crippen molar-refractivity contribution in [1.29, 1.82) is 5.26 Å². The van der Waals surface area contributed by atoms with Crippen LogP contribution < -0.4 is 5.32 Å². The summed E-state index contributed by atoms with van der Waals surface area (Å²) < 4.78 is 11.0. The molecule has 1 fully saturated rings. The Hall–Kier alpha value is -2.17. The van der Waals surface area contributed by atoms with Crippen LogP contribution >= 0.6 is 11.6 Å². The number of pyridine rings is 1. The third kappa shape index (κ3) is 3.18. The van der Waals surface area contributed by atoms with Crippen LogP contribution in [-0.4, -0.2) is 27.8 Å². The Morgan fingerprint density at radius 3 is 3.00 bits per heavy atom. The molecular weight excluding hydrogens is 306 g/mol. The highest BCUT2D eigenvalue weighted by molar-refractivity contribution is 6.31. The molecule has 0 radical (unpaired) electrons. The molecule has 0 bridgehead atoms. The molecule has 0 aromatic carbocycles. The lowest BCUT2D eigenvalue weighted by atomic mass is 10.2. The zero-order valence-corrected chi connectivity index (χ0v) is 12.7. The van der Waals surface area contributed by atoms with E-state index in [1.165, 1.54) is 0 Å². The lowest BCUT2D eigenvalue weighted by Crippen LogP contribution is -2.19. The normalized spacial score (nSPS) is 20.8. The van der Waals surface area contributed by atoms with Crippen LogP contribution in [0.5, 0.6) is 0 Å². The number of aromatic nitrogens is 3. The van der Waals surface area contributed by atoms with Gasteiger partial charge in [0.05, 0.1) is 11.1 Å². The summed E-state index contributed by atoms with van der Waals surface area (Å²) in [5.41, 5.74) is 0.207. The monoisotopic (exact) mass is 319 g/mol. The molecule has 8 heteroatoms. The fourth-order valence-electron chi connectivity index (χ4n) is 2.32. The third-order valence-corrected chi connectivity index (χ3v) is 3.69. The summed E-state index contributed by atoms with van der Waals surface area (Å²) in [6.07, 6.45) is 1.60. The Bertz CT molecular complexity index is 711. The molecule has 7 nitrogen and oxygen atoms in total. The number of nitrogens with zero attached hydrogens (tertiary/aromatic N) is 4. The van der Waals surface area contributed by atoms with Crippen LogP contribution in [0.3, 0.4) is 0 Å². The largest absolute Gasteiger partial charge is 0.367 e. The number of rotatable bonds is 4. The average Bonchev–Trinajstić information content (AvgIpc) is 3.15. The maximum atomic E-state index is 8.91. The molecule has 0 amide bonds. The van der Waals surface area contributed by atoms with E-state index in [1.807, 2.05) is 6.07 Å². The quantitative estimate of drug-likeness (QED) is 0.925. The van der Waals surface area contributed by atoms with Gasteiger partial charge in [-0.3, -0.25) is 0 Å². The molecule has 0 unspecified atom stereocenters. The van der Waals surface area contributed by atoms with E-state index >= 15 is 0 Å². The molecule has 1 aliphatic rings. The maximum absolute atomic E-state index is 8.91. The number of halogens is 1. The minimum absolute atomic E-state index is 0.0280. The van der Waals surface area contributed by atoms with E-state index in [2.05, 4.69) is 20.4 Å². The molecule has 22 heavy (non-hydrogen) atoms. The molecule has 114 valence electrons. The van der Waals surface area contributed by atoms with Gasteiger partial charge in [0.2, 0.25) is 0 Å². The highest BCUT2D eigenvalue weighted by atomic mass is 35.5. The molecule has 3 heterocycles. The SMILES string of the molecule is Cc1noc([C@@H]2CC[C@H](CNc3ccc(Cl)c(C#N)n3)O2)n1. The summed E-state index contributed by atoms with van der Waals surface area (Å²) >= 11 is 5.85. The Labute approximate surface area is 132 Å². The topological polar surface area (TPSA) is 96.9 Å². The van der Waals surface area contributed by atoms with Gasteiger partial charge in [-0.05, 0) is 31.9 Å². The second-order valence-electron chi connectivity index (χ2n) is 5.02. The predicted octanol–water partition coefficient (Wildman–Crippen LogP) is 2.63. The van der Waals surface area contributed by atoms with Crippen molar-refractivity contribution in [3.8, 4) is 6.07 Å². The Balaban J connectivity index is 1.56. The van der Waals surface area contributed by atoms with Gasteiger partial charge in [-0.25, -0.2) is 4.98 Å². The van der Waals surface area contributed by atoms with Gasteiger partial charge in [-0.2, -0.15) is 10.2 Å². The Morgan fingerprint density at radius 2 is 2.27 bits per heavy atom. The van der Waals surface area contributed by atoms with Crippen LogP contribution in [0.2, 0.25) is 5.02 Å². The van der Waals surface area contributed by atoms with Crippen LogP contribution in [0, 0.1) is 18.3 Å². The Morgan fingerprint density at radius 1 is 1.41 bits per heavy atom. The van der Waals surface area contributed by atoms with Crippen molar-refractivity contribution < 1.29 is 9.26 Å². The van der Waals surface area contributed by atoms with Gasteiger partial charge < -0.3 is 14.6 Å². The van der Waals surface area contributed by atoms with Crippen molar-refractivity contribution >= 4 is 17.4 Å². The van der Waals surface area contributed by atoms with Crippen molar-refractivity contribution in [3.63, 3.8) is 0 Å². The van der Waals surface area contributed by atoms with E-state index in [0.29, 0.717) is 29.1 Å². The number of aryl methyl sites for hydroxylation is 1. The molecule has 0 aliphatic carbocycles. The summed E-state index contributed by atoms with van der Waals surface area (Å²) in [6.45, 7) is 2.36. The maximum Gasteiger partial charge on any atom is 0.255 e. The minimum atomic E-state index is -0.152. The zero-order chi connectivity index (χ0) is 15.5. The highest BCUT2D eigenvalue weighted by Gasteiger charge is 2.30. The summed E-state index contributed by atoms with van der Waals surface area (Å²) in [4.78, 5) is 8.32. The fraction of sp³-hybridized carbons (Fsp3) is 0.429. The second kappa shape index (κ2) is 6.30. The van der Waals surface area contributed by atoms with E-state index < -0.39 is 0 Å². The molecule has 3 rings (SSSR count). The Kier molecular flexibility index (Phi) is 4.22. The van der Waals surface area contributed by atoms with Gasteiger partial charge in [0.1, 0.15) is 18.0 Å². The number of nitrogens with one attached hydrogen (secondary N) is 1.